The lowest BCUT2D eigenvalue weighted by Crippen LogP contribution is -2.37. The molecule has 0 aromatic carbocycles. The van der Waals surface area contributed by atoms with Crippen molar-refractivity contribution < 1.29 is 9.53 Å². The highest BCUT2D eigenvalue weighted by Gasteiger charge is 2.25. The van der Waals surface area contributed by atoms with Gasteiger partial charge in [-0.3, -0.25) is 14.8 Å². The van der Waals surface area contributed by atoms with Crippen LogP contribution in [-0.2, 0) is 11.3 Å². The predicted octanol–water partition coefficient (Wildman–Crippen LogP) is 2.95. The van der Waals surface area contributed by atoms with E-state index in [1.165, 1.54) is 6.20 Å². The Balaban J connectivity index is 1.81. The van der Waals surface area contributed by atoms with Gasteiger partial charge in [0.2, 0.25) is 0 Å². The number of nitrogens with zero attached hydrogens (tertiary/aromatic N) is 3. The number of halogens is 1. The zero-order valence-corrected chi connectivity index (χ0v) is 13.4. The summed E-state index contributed by atoms with van der Waals surface area (Å²) in [6.45, 7) is 1.72. The Morgan fingerprint density at radius 3 is 2.96 bits per heavy atom. The van der Waals surface area contributed by atoms with E-state index in [2.05, 4.69) is 9.97 Å². The number of carbonyl (C=O) groups is 1. The van der Waals surface area contributed by atoms with Gasteiger partial charge in [-0.15, -0.1) is 0 Å². The van der Waals surface area contributed by atoms with E-state index >= 15 is 0 Å². The molecule has 1 saturated heterocycles. The minimum atomic E-state index is -0.126. The highest BCUT2D eigenvalue weighted by atomic mass is 35.5. The fourth-order valence-electron chi connectivity index (χ4n) is 2.66. The summed E-state index contributed by atoms with van der Waals surface area (Å²) in [6.07, 6.45) is 6.86. The molecule has 0 N–H and O–H groups in total. The van der Waals surface area contributed by atoms with Crippen molar-refractivity contribution in [3.8, 4) is 0 Å². The van der Waals surface area contributed by atoms with Crippen molar-refractivity contribution in [1.29, 1.82) is 0 Å². The molecule has 1 atom stereocenters. The zero-order valence-electron chi connectivity index (χ0n) is 12.7. The van der Waals surface area contributed by atoms with E-state index in [4.69, 9.17) is 16.3 Å². The van der Waals surface area contributed by atoms with Crippen LogP contribution >= 0.6 is 11.6 Å². The van der Waals surface area contributed by atoms with Crippen LogP contribution in [0.4, 0.5) is 0 Å². The third-order valence-electron chi connectivity index (χ3n) is 3.82. The summed E-state index contributed by atoms with van der Waals surface area (Å²) in [6, 6.07) is 7.32. The summed E-state index contributed by atoms with van der Waals surface area (Å²) < 4.78 is 5.68. The van der Waals surface area contributed by atoms with E-state index in [0.717, 1.165) is 25.1 Å². The van der Waals surface area contributed by atoms with Crippen molar-refractivity contribution >= 4 is 17.5 Å². The molecular formula is C17H18ClN3O2. The first kappa shape index (κ1) is 15.9. The maximum Gasteiger partial charge on any atom is 0.255 e. The Kier molecular flexibility index (Phi) is 5.20. The summed E-state index contributed by atoms with van der Waals surface area (Å²) in [5.74, 6) is -0.126. The molecule has 1 amide bonds. The lowest BCUT2D eigenvalue weighted by atomic mass is 10.1. The van der Waals surface area contributed by atoms with E-state index in [-0.39, 0.29) is 12.0 Å². The number of hydrogen-bond acceptors (Lipinski definition) is 4. The van der Waals surface area contributed by atoms with Gasteiger partial charge < -0.3 is 9.64 Å². The fourth-order valence-corrected chi connectivity index (χ4v) is 2.86. The largest absolute Gasteiger partial charge is 0.376 e. The van der Waals surface area contributed by atoms with Crippen LogP contribution < -0.4 is 0 Å². The Hall–Kier alpha value is -1.98. The normalized spacial score (nSPS) is 17.2. The van der Waals surface area contributed by atoms with Crippen LogP contribution in [0.3, 0.4) is 0 Å². The van der Waals surface area contributed by atoms with Crippen molar-refractivity contribution in [1.82, 2.24) is 14.9 Å². The molecule has 3 heterocycles. The van der Waals surface area contributed by atoms with Gasteiger partial charge in [-0.1, -0.05) is 17.7 Å². The second-order valence-corrected chi connectivity index (χ2v) is 5.90. The summed E-state index contributed by atoms with van der Waals surface area (Å²) in [5, 5.41) is 0.357. The van der Waals surface area contributed by atoms with Crippen molar-refractivity contribution in [2.45, 2.75) is 25.5 Å². The maximum atomic E-state index is 12.9. The molecule has 2 aromatic heterocycles. The highest BCUT2D eigenvalue weighted by molar-refractivity contribution is 6.33. The number of rotatable bonds is 5. The minimum absolute atomic E-state index is 0.0725. The number of hydrogen-bond donors (Lipinski definition) is 0. The lowest BCUT2D eigenvalue weighted by Gasteiger charge is -2.25. The second kappa shape index (κ2) is 7.53. The smallest absolute Gasteiger partial charge is 0.255 e. The first-order valence-electron chi connectivity index (χ1n) is 7.64. The second-order valence-electron chi connectivity index (χ2n) is 5.50. The summed E-state index contributed by atoms with van der Waals surface area (Å²) >= 11 is 6.13. The number of carbonyl (C=O) groups excluding carboxylic acids is 1. The maximum absolute atomic E-state index is 12.9. The quantitative estimate of drug-likeness (QED) is 0.845. The molecule has 23 heavy (non-hydrogen) atoms. The zero-order chi connectivity index (χ0) is 16.1. The SMILES string of the molecule is O=C(c1ccncc1Cl)N(Cc1ccccn1)C[C@H]1CCCO1. The van der Waals surface area contributed by atoms with Gasteiger partial charge in [0.15, 0.2) is 0 Å². The molecule has 120 valence electrons. The van der Waals surface area contributed by atoms with Gasteiger partial charge in [0.05, 0.1) is 28.9 Å². The monoisotopic (exact) mass is 331 g/mol. The van der Waals surface area contributed by atoms with E-state index in [0.29, 0.717) is 23.7 Å². The van der Waals surface area contributed by atoms with Crippen LogP contribution in [0, 0.1) is 0 Å². The molecule has 0 radical (unpaired) electrons. The van der Waals surface area contributed by atoms with Gasteiger partial charge in [0.1, 0.15) is 0 Å². The first-order valence-corrected chi connectivity index (χ1v) is 8.02. The molecule has 1 fully saturated rings. The third kappa shape index (κ3) is 4.06. The van der Waals surface area contributed by atoms with Crippen molar-refractivity contribution in [2.75, 3.05) is 13.2 Å². The first-order chi connectivity index (χ1) is 11.2. The van der Waals surface area contributed by atoms with Gasteiger partial charge >= 0.3 is 0 Å². The Bertz CT molecular complexity index is 660. The van der Waals surface area contributed by atoms with Gasteiger partial charge in [-0.05, 0) is 31.0 Å². The molecular weight excluding hydrogens is 314 g/mol. The average Bonchev–Trinajstić information content (AvgIpc) is 3.08. The Morgan fingerprint density at radius 1 is 1.35 bits per heavy atom. The van der Waals surface area contributed by atoms with Crippen LogP contribution in [0.1, 0.15) is 28.9 Å². The van der Waals surface area contributed by atoms with Crippen molar-refractivity contribution in [3.05, 3.63) is 59.1 Å². The van der Waals surface area contributed by atoms with E-state index in [9.17, 15) is 4.79 Å². The van der Waals surface area contributed by atoms with Crippen LogP contribution in [0.15, 0.2) is 42.9 Å². The fraction of sp³-hybridized carbons (Fsp3) is 0.353. The standard InChI is InChI=1S/C17H18ClN3O2/c18-16-10-19-8-6-15(16)17(22)21(12-14-5-3-9-23-14)11-13-4-1-2-7-20-13/h1-2,4,6-8,10,14H,3,5,9,11-12H2/t14-/m1/s1. The topological polar surface area (TPSA) is 55.3 Å². The third-order valence-corrected chi connectivity index (χ3v) is 4.12. The summed E-state index contributed by atoms with van der Waals surface area (Å²) in [4.78, 5) is 22.9. The van der Waals surface area contributed by atoms with Crippen molar-refractivity contribution in [2.24, 2.45) is 0 Å². The molecule has 5 nitrogen and oxygen atoms in total. The number of pyridine rings is 2. The number of amides is 1. The molecule has 0 unspecified atom stereocenters. The molecule has 1 aliphatic heterocycles. The molecule has 0 spiro atoms. The van der Waals surface area contributed by atoms with Crippen LogP contribution in [0.5, 0.6) is 0 Å². The lowest BCUT2D eigenvalue weighted by molar-refractivity contribution is 0.0504. The Morgan fingerprint density at radius 2 is 2.26 bits per heavy atom. The summed E-state index contributed by atoms with van der Waals surface area (Å²) in [7, 11) is 0. The van der Waals surface area contributed by atoms with Crippen LogP contribution in [0.25, 0.3) is 0 Å². The number of aromatic nitrogens is 2. The highest BCUT2D eigenvalue weighted by Crippen LogP contribution is 2.20. The number of ether oxygens (including phenoxy) is 1. The van der Waals surface area contributed by atoms with E-state index in [1.807, 2.05) is 18.2 Å². The van der Waals surface area contributed by atoms with Crippen LogP contribution in [-0.4, -0.2) is 40.0 Å². The molecule has 0 aliphatic carbocycles. The van der Waals surface area contributed by atoms with E-state index < -0.39 is 0 Å². The minimum Gasteiger partial charge on any atom is -0.376 e. The molecule has 0 bridgehead atoms. The van der Waals surface area contributed by atoms with Gasteiger partial charge in [0.25, 0.3) is 5.91 Å². The summed E-state index contributed by atoms with van der Waals surface area (Å²) in [5.41, 5.74) is 1.29. The molecule has 0 saturated carbocycles. The van der Waals surface area contributed by atoms with Crippen LogP contribution in [0.2, 0.25) is 5.02 Å². The molecule has 2 aromatic rings. The van der Waals surface area contributed by atoms with Gasteiger partial charge in [-0.25, -0.2) is 0 Å². The molecule has 1 aliphatic rings. The molecule has 6 heteroatoms. The predicted molar refractivity (Wildman–Crippen MR) is 87.2 cm³/mol. The molecule has 3 rings (SSSR count). The van der Waals surface area contributed by atoms with Crippen molar-refractivity contribution in [3.63, 3.8) is 0 Å². The van der Waals surface area contributed by atoms with Gasteiger partial charge in [0, 0.05) is 31.7 Å². The average molecular weight is 332 g/mol. The van der Waals surface area contributed by atoms with Gasteiger partial charge in [-0.2, -0.15) is 0 Å². The van der Waals surface area contributed by atoms with E-state index in [1.54, 1.807) is 23.4 Å². The Labute approximate surface area is 140 Å².